The van der Waals surface area contributed by atoms with Crippen LogP contribution in [0.3, 0.4) is 0 Å². The van der Waals surface area contributed by atoms with Crippen molar-refractivity contribution >= 4 is 30.4 Å². The summed E-state index contributed by atoms with van der Waals surface area (Å²) in [6, 6.07) is 0. The number of carbonyl (C=O) groups is 3. The molecule has 2 heterocycles. The van der Waals surface area contributed by atoms with Gasteiger partial charge in [-0.15, -0.1) is 0 Å². The Bertz CT molecular complexity index is 485. The monoisotopic (exact) mass is 254 g/mol. The molecule has 1 atom stereocenters. The number of carbonyl (C=O) groups excluding carboxylic acids is 2. The zero-order chi connectivity index (χ0) is 12.8. The lowest BCUT2D eigenvalue weighted by atomic mass is 9.92. The third kappa shape index (κ3) is 1.39. The fourth-order valence-corrected chi connectivity index (χ4v) is 1.98. The Morgan fingerprint density at radius 1 is 1.47 bits per heavy atom. The lowest BCUT2D eigenvalue weighted by molar-refractivity contribution is -0.146. The van der Waals surface area contributed by atoms with Crippen molar-refractivity contribution in [1.82, 2.24) is 10.0 Å². The van der Waals surface area contributed by atoms with E-state index in [0.717, 1.165) is 10.0 Å². The fraction of sp³-hybridized carbons (Fsp3) is 0.300. The first-order valence-electron chi connectivity index (χ1n) is 4.84. The number of carboxylic acids is 1. The van der Waals surface area contributed by atoms with Crippen molar-refractivity contribution < 1.29 is 19.5 Å². The van der Waals surface area contributed by atoms with Crippen LogP contribution in [-0.2, 0) is 14.4 Å². The van der Waals surface area contributed by atoms with Gasteiger partial charge in [0.15, 0.2) is 5.70 Å². The normalized spacial score (nSPS) is 27.3. The van der Waals surface area contributed by atoms with E-state index in [1.54, 1.807) is 0 Å². The number of hydrogen-bond acceptors (Lipinski definition) is 4. The van der Waals surface area contributed by atoms with Crippen LogP contribution in [-0.4, -0.2) is 38.7 Å². The summed E-state index contributed by atoms with van der Waals surface area (Å²) in [6.45, 7) is 1.45. The van der Waals surface area contributed by atoms with Crippen molar-refractivity contribution in [2.45, 2.75) is 6.92 Å². The Morgan fingerprint density at radius 3 is 2.65 bits per heavy atom. The first kappa shape index (κ1) is 11.7. The number of hydrogen-bond donors (Lipinski definition) is 2. The Balaban J connectivity index is 2.51. The van der Waals surface area contributed by atoms with Crippen LogP contribution in [0.4, 0.5) is 0 Å². The van der Waals surface area contributed by atoms with Crippen LogP contribution in [0.5, 0.6) is 0 Å². The van der Waals surface area contributed by atoms with Gasteiger partial charge < -0.3 is 5.11 Å². The van der Waals surface area contributed by atoms with Gasteiger partial charge in [-0.3, -0.25) is 9.59 Å². The lowest BCUT2D eigenvalue weighted by Crippen LogP contribution is -2.40. The maximum absolute atomic E-state index is 12.1. The number of fused-ring (bicyclic) bond motifs is 1. The van der Waals surface area contributed by atoms with Gasteiger partial charge in [-0.2, -0.15) is 12.6 Å². The van der Waals surface area contributed by atoms with Crippen molar-refractivity contribution in [3.8, 4) is 0 Å². The summed E-state index contributed by atoms with van der Waals surface area (Å²) in [7, 11) is 0. The van der Waals surface area contributed by atoms with E-state index >= 15 is 0 Å². The molecule has 1 saturated heterocycles. The first-order valence-corrected chi connectivity index (χ1v) is 5.47. The lowest BCUT2D eigenvalue weighted by Gasteiger charge is -2.26. The van der Waals surface area contributed by atoms with Crippen molar-refractivity contribution in [3.05, 3.63) is 24.0 Å². The highest BCUT2D eigenvalue weighted by molar-refractivity contribution is 7.80. The third-order valence-corrected chi connectivity index (χ3v) is 3.44. The predicted molar refractivity (Wildman–Crippen MR) is 60.5 cm³/mol. The van der Waals surface area contributed by atoms with E-state index < -0.39 is 23.2 Å². The summed E-state index contributed by atoms with van der Waals surface area (Å²) >= 11 is 3.99. The third-order valence-electron chi connectivity index (χ3n) is 2.80. The zero-order valence-electron chi connectivity index (χ0n) is 8.95. The summed E-state index contributed by atoms with van der Waals surface area (Å²) in [5, 5.41) is 10.9. The molecule has 1 unspecified atom stereocenters. The second kappa shape index (κ2) is 3.63. The molecule has 2 aliphatic rings. The van der Waals surface area contributed by atoms with E-state index in [-0.39, 0.29) is 11.4 Å². The minimum atomic E-state index is -1.31. The van der Waals surface area contributed by atoms with Crippen molar-refractivity contribution in [2.75, 3.05) is 5.75 Å². The fourth-order valence-electron chi connectivity index (χ4n) is 1.71. The van der Waals surface area contributed by atoms with E-state index in [9.17, 15) is 14.4 Å². The van der Waals surface area contributed by atoms with E-state index in [2.05, 4.69) is 12.6 Å². The Kier molecular flexibility index (Phi) is 2.50. The molecule has 0 aliphatic carbocycles. The van der Waals surface area contributed by atoms with Gasteiger partial charge in [-0.25, -0.2) is 14.8 Å². The van der Waals surface area contributed by atoms with E-state index in [1.807, 2.05) is 0 Å². The highest BCUT2D eigenvalue weighted by Gasteiger charge is 2.56. The minimum Gasteiger partial charge on any atom is -0.477 e. The van der Waals surface area contributed by atoms with Crippen molar-refractivity contribution in [2.24, 2.45) is 5.41 Å². The number of rotatable bonds is 2. The molecule has 0 aromatic heterocycles. The topological polar surface area (TPSA) is 77.9 Å². The molecule has 6 nitrogen and oxygen atoms in total. The molecule has 17 heavy (non-hydrogen) atoms. The highest BCUT2D eigenvalue weighted by atomic mass is 32.1. The summed E-state index contributed by atoms with van der Waals surface area (Å²) in [4.78, 5) is 35.1. The van der Waals surface area contributed by atoms with Gasteiger partial charge in [0.05, 0.1) is 0 Å². The number of carboxylic acid groups (broad SMARTS) is 1. The largest absolute Gasteiger partial charge is 0.477 e. The van der Waals surface area contributed by atoms with E-state index in [1.165, 1.54) is 25.3 Å². The molecule has 2 rings (SSSR count). The molecule has 90 valence electrons. The molecule has 0 saturated carbocycles. The Hall–Kier alpha value is -1.76. The van der Waals surface area contributed by atoms with E-state index in [0.29, 0.717) is 0 Å². The molecule has 0 aromatic carbocycles. The Labute approximate surface area is 103 Å². The van der Waals surface area contributed by atoms with Crippen LogP contribution in [0.15, 0.2) is 24.0 Å². The molecular formula is C10H10N2O4S. The van der Waals surface area contributed by atoms with Gasteiger partial charge >= 0.3 is 5.97 Å². The summed E-state index contributed by atoms with van der Waals surface area (Å²) in [5.74, 6) is -2.28. The standard InChI is InChI=1S/C10H10N2O4S/c1-10(5-17)8(15)11-4-2-3-6(7(13)14)12(11)9(10)16/h2-4,17H,5H2,1H3,(H,13,14). The number of hydrazine groups is 1. The molecule has 2 aliphatic heterocycles. The van der Waals surface area contributed by atoms with Crippen LogP contribution >= 0.6 is 12.6 Å². The average molecular weight is 254 g/mol. The van der Waals surface area contributed by atoms with Crippen molar-refractivity contribution in [1.29, 1.82) is 0 Å². The van der Waals surface area contributed by atoms with Crippen LogP contribution in [0.1, 0.15) is 6.92 Å². The summed E-state index contributed by atoms with van der Waals surface area (Å²) in [6.07, 6.45) is 4.05. The Morgan fingerprint density at radius 2 is 2.12 bits per heavy atom. The second-order valence-corrected chi connectivity index (χ2v) is 4.27. The van der Waals surface area contributed by atoms with Crippen LogP contribution < -0.4 is 0 Å². The first-order chi connectivity index (χ1) is 7.93. The molecule has 1 fully saturated rings. The molecule has 1 N–H and O–H groups in total. The number of amides is 2. The quantitative estimate of drug-likeness (QED) is 0.537. The van der Waals surface area contributed by atoms with Gasteiger partial charge in [0, 0.05) is 12.0 Å². The van der Waals surface area contributed by atoms with Gasteiger partial charge in [0.2, 0.25) is 0 Å². The molecule has 7 heteroatoms. The molecular weight excluding hydrogens is 244 g/mol. The van der Waals surface area contributed by atoms with Crippen LogP contribution in [0, 0.1) is 5.41 Å². The van der Waals surface area contributed by atoms with Gasteiger partial charge in [-0.1, -0.05) is 0 Å². The van der Waals surface area contributed by atoms with Gasteiger partial charge in [-0.05, 0) is 19.1 Å². The minimum absolute atomic E-state index is 0.0262. The highest BCUT2D eigenvalue weighted by Crippen LogP contribution is 2.36. The molecule has 2 amide bonds. The number of thiol groups is 1. The second-order valence-electron chi connectivity index (χ2n) is 3.96. The summed E-state index contributed by atoms with van der Waals surface area (Å²) < 4.78 is 0. The van der Waals surface area contributed by atoms with Crippen molar-refractivity contribution in [3.63, 3.8) is 0 Å². The van der Waals surface area contributed by atoms with Gasteiger partial charge in [0.1, 0.15) is 5.41 Å². The maximum atomic E-state index is 12.1. The SMILES string of the molecule is CC1(CS)C(=O)N2C=CC=C(C(=O)O)N2C1=O. The molecule has 0 spiro atoms. The zero-order valence-corrected chi connectivity index (χ0v) is 9.85. The van der Waals surface area contributed by atoms with E-state index in [4.69, 9.17) is 5.11 Å². The van der Waals surface area contributed by atoms with Crippen LogP contribution in [0.25, 0.3) is 0 Å². The number of allylic oxidation sites excluding steroid dienone is 2. The molecule has 0 aromatic rings. The average Bonchev–Trinajstić information content (AvgIpc) is 2.52. The van der Waals surface area contributed by atoms with Gasteiger partial charge in [0.25, 0.3) is 11.8 Å². The molecule has 0 bridgehead atoms. The number of nitrogens with zero attached hydrogens (tertiary/aromatic N) is 2. The maximum Gasteiger partial charge on any atom is 0.354 e. The number of aliphatic carboxylic acids is 1. The summed E-state index contributed by atoms with van der Waals surface area (Å²) in [5.41, 5.74) is -1.55. The smallest absolute Gasteiger partial charge is 0.354 e. The predicted octanol–water partition coefficient (Wildman–Crippen LogP) is 0.00410. The molecule has 0 radical (unpaired) electrons. The van der Waals surface area contributed by atoms with Crippen LogP contribution in [0.2, 0.25) is 0 Å².